The zero-order chi connectivity index (χ0) is 15.4. The van der Waals surface area contributed by atoms with Gasteiger partial charge in [0.15, 0.2) is 0 Å². The molecule has 1 aromatic carbocycles. The lowest BCUT2D eigenvalue weighted by molar-refractivity contribution is 0.222. The normalized spacial score (nSPS) is 10.6. The lowest BCUT2D eigenvalue weighted by Crippen LogP contribution is -2.12. The van der Waals surface area contributed by atoms with E-state index in [1.165, 1.54) is 0 Å². The Morgan fingerprint density at radius 1 is 1.10 bits per heavy atom. The third-order valence-corrected chi connectivity index (χ3v) is 3.51. The van der Waals surface area contributed by atoms with E-state index < -0.39 is 0 Å². The average Bonchev–Trinajstić information content (AvgIpc) is 2.41. The van der Waals surface area contributed by atoms with E-state index in [0.717, 1.165) is 14.6 Å². The number of rotatable bonds is 5. The van der Waals surface area contributed by atoms with Crippen LogP contribution in [0.2, 0.25) is 0 Å². The van der Waals surface area contributed by atoms with E-state index in [9.17, 15) is 0 Å². The van der Waals surface area contributed by atoms with Crippen molar-refractivity contribution in [3.8, 4) is 6.01 Å². The Bertz CT molecular complexity index is 636. The summed E-state index contributed by atoms with van der Waals surface area (Å²) in [4.78, 5) is 12.7. The maximum Gasteiger partial charge on any atom is 0.323 e. The highest BCUT2D eigenvalue weighted by Gasteiger charge is 2.10. The van der Waals surface area contributed by atoms with Gasteiger partial charge >= 0.3 is 6.01 Å². The molecule has 0 aliphatic heterocycles. The molecule has 2 N–H and O–H groups in total. The van der Waals surface area contributed by atoms with E-state index in [2.05, 4.69) is 57.4 Å². The Labute approximate surface area is 140 Å². The number of aromatic nitrogens is 3. The summed E-state index contributed by atoms with van der Waals surface area (Å²) >= 11 is 6.90. The summed E-state index contributed by atoms with van der Waals surface area (Å²) < 4.78 is 7.40. The molecule has 2 aromatic rings. The first-order valence-electron chi connectivity index (χ1n) is 6.30. The topological polar surface area (TPSA) is 72.0 Å². The van der Waals surface area contributed by atoms with Gasteiger partial charge in [-0.25, -0.2) is 0 Å². The molecule has 1 heterocycles. The van der Waals surface area contributed by atoms with Crippen molar-refractivity contribution in [2.75, 3.05) is 17.7 Å². The van der Waals surface area contributed by atoms with Crippen molar-refractivity contribution in [3.05, 3.63) is 27.1 Å². The fourth-order valence-electron chi connectivity index (χ4n) is 1.50. The van der Waals surface area contributed by atoms with Crippen molar-refractivity contribution in [2.24, 2.45) is 0 Å². The Balaban J connectivity index is 2.29. The fourth-order valence-corrected chi connectivity index (χ4v) is 2.65. The van der Waals surface area contributed by atoms with Gasteiger partial charge in [-0.3, -0.25) is 0 Å². The van der Waals surface area contributed by atoms with Gasteiger partial charge in [0, 0.05) is 16.0 Å². The zero-order valence-electron chi connectivity index (χ0n) is 11.8. The summed E-state index contributed by atoms with van der Waals surface area (Å²) in [6.07, 6.45) is -0.00984. The Morgan fingerprint density at radius 2 is 1.81 bits per heavy atom. The third kappa shape index (κ3) is 4.53. The van der Waals surface area contributed by atoms with E-state index in [1.807, 2.05) is 32.0 Å². The van der Waals surface area contributed by atoms with Crippen LogP contribution in [0, 0.1) is 0 Å². The minimum absolute atomic E-state index is 0.00984. The lowest BCUT2D eigenvalue weighted by Gasteiger charge is -2.12. The predicted octanol–water partition coefficient (Wildman–Crippen LogP) is 3.97. The summed E-state index contributed by atoms with van der Waals surface area (Å²) in [6.45, 7) is 3.84. The van der Waals surface area contributed by atoms with Crippen molar-refractivity contribution >= 4 is 49.4 Å². The van der Waals surface area contributed by atoms with Gasteiger partial charge in [-0.05, 0) is 48.0 Å². The molecule has 0 atom stereocenters. The number of ether oxygens (including phenoxy) is 1. The first kappa shape index (κ1) is 16.0. The number of halogens is 2. The van der Waals surface area contributed by atoms with E-state index in [0.29, 0.717) is 11.9 Å². The van der Waals surface area contributed by atoms with Crippen molar-refractivity contribution in [2.45, 2.75) is 20.0 Å². The van der Waals surface area contributed by atoms with Crippen molar-refractivity contribution in [3.63, 3.8) is 0 Å². The van der Waals surface area contributed by atoms with Crippen molar-refractivity contribution in [1.29, 1.82) is 0 Å². The molecule has 2 rings (SSSR count). The third-order valence-electron chi connectivity index (χ3n) is 2.36. The molecule has 0 amide bonds. The molecule has 1 aromatic heterocycles. The van der Waals surface area contributed by atoms with Gasteiger partial charge in [-0.1, -0.05) is 15.9 Å². The van der Waals surface area contributed by atoms with Gasteiger partial charge in [-0.15, -0.1) is 0 Å². The summed E-state index contributed by atoms with van der Waals surface area (Å²) in [5, 5.41) is 6.03. The zero-order valence-corrected chi connectivity index (χ0v) is 15.0. The van der Waals surface area contributed by atoms with Gasteiger partial charge in [0.2, 0.25) is 11.9 Å². The molecule has 8 heteroatoms. The fraction of sp³-hybridized carbons (Fsp3) is 0.308. The molecular formula is C13H15Br2N5O. The first-order chi connectivity index (χ1) is 9.97. The number of nitrogens with zero attached hydrogens (tertiary/aromatic N) is 3. The van der Waals surface area contributed by atoms with Crippen LogP contribution < -0.4 is 15.4 Å². The van der Waals surface area contributed by atoms with Gasteiger partial charge in [0.25, 0.3) is 0 Å². The quantitative estimate of drug-likeness (QED) is 0.768. The van der Waals surface area contributed by atoms with Gasteiger partial charge in [-0.2, -0.15) is 15.0 Å². The number of benzene rings is 1. The molecule has 0 radical (unpaired) electrons. The summed E-state index contributed by atoms with van der Waals surface area (Å²) in [6, 6.07) is 6.06. The first-order valence-corrected chi connectivity index (χ1v) is 7.89. The van der Waals surface area contributed by atoms with Crippen LogP contribution in [0.1, 0.15) is 13.8 Å². The largest absolute Gasteiger partial charge is 0.461 e. The van der Waals surface area contributed by atoms with E-state index in [-0.39, 0.29) is 12.1 Å². The maximum absolute atomic E-state index is 5.52. The molecule has 0 saturated heterocycles. The van der Waals surface area contributed by atoms with Gasteiger partial charge in [0.1, 0.15) is 0 Å². The Hall–Kier alpha value is -1.41. The minimum atomic E-state index is -0.00984. The molecule has 0 fully saturated rings. The van der Waals surface area contributed by atoms with E-state index in [4.69, 9.17) is 4.74 Å². The van der Waals surface area contributed by atoms with Crippen LogP contribution >= 0.6 is 31.9 Å². The SMILES string of the molecule is CNc1nc(Nc2ccc(Br)cc2Br)nc(OC(C)C)n1. The van der Waals surface area contributed by atoms with Crippen LogP contribution in [0.5, 0.6) is 6.01 Å². The molecule has 21 heavy (non-hydrogen) atoms. The van der Waals surface area contributed by atoms with Gasteiger partial charge < -0.3 is 15.4 Å². The molecule has 112 valence electrons. The molecule has 0 aliphatic rings. The highest BCUT2D eigenvalue weighted by atomic mass is 79.9. The predicted molar refractivity (Wildman–Crippen MR) is 90.3 cm³/mol. The minimum Gasteiger partial charge on any atom is -0.461 e. The maximum atomic E-state index is 5.52. The van der Waals surface area contributed by atoms with E-state index >= 15 is 0 Å². The highest BCUT2D eigenvalue weighted by Crippen LogP contribution is 2.28. The van der Waals surface area contributed by atoms with Crippen molar-refractivity contribution in [1.82, 2.24) is 15.0 Å². The molecule has 6 nitrogen and oxygen atoms in total. The van der Waals surface area contributed by atoms with E-state index in [1.54, 1.807) is 7.05 Å². The molecule has 0 bridgehead atoms. The van der Waals surface area contributed by atoms with Crippen LogP contribution in [0.3, 0.4) is 0 Å². The van der Waals surface area contributed by atoms with Crippen molar-refractivity contribution < 1.29 is 4.74 Å². The number of hydrogen-bond donors (Lipinski definition) is 2. The second kappa shape index (κ2) is 7.04. The van der Waals surface area contributed by atoms with Crippen LogP contribution in [-0.4, -0.2) is 28.1 Å². The summed E-state index contributed by atoms with van der Waals surface area (Å²) in [5.41, 5.74) is 0.849. The lowest BCUT2D eigenvalue weighted by atomic mass is 10.3. The Kier molecular flexibility index (Phi) is 5.35. The molecule has 0 spiro atoms. The van der Waals surface area contributed by atoms with Crippen LogP contribution in [0.25, 0.3) is 0 Å². The van der Waals surface area contributed by atoms with Gasteiger partial charge in [0.05, 0.1) is 11.8 Å². The standard InChI is InChI=1S/C13H15Br2N5O/c1-7(2)21-13-19-11(16-3)18-12(20-13)17-10-5-4-8(14)6-9(10)15/h4-7H,1-3H3,(H2,16,17,18,19,20). The second-order valence-corrected chi connectivity index (χ2v) is 6.20. The van der Waals surface area contributed by atoms with Crippen LogP contribution in [0.15, 0.2) is 27.1 Å². The average molecular weight is 417 g/mol. The second-order valence-electron chi connectivity index (χ2n) is 4.43. The smallest absolute Gasteiger partial charge is 0.323 e. The molecule has 0 saturated carbocycles. The van der Waals surface area contributed by atoms with Crippen LogP contribution in [0.4, 0.5) is 17.6 Å². The molecular weight excluding hydrogens is 402 g/mol. The number of anilines is 3. The molecule has 0 aliphatic carbocycles. The molecule has 0 unspecified atom stereocenters. The summed E-state index contributed by atoms with van der Waals surface area (Å²) in [5.74, 6) is 0.851. The summed E-state index contributed by atoms with van der Waals surface area (Å²) in [7, 11) is 1.74. The highest BCUT2D eigenvalue weighted by molar-refractivity contribution is 9.11. The number of nitrogens with one attached hydrogen (secondary N) is 2. The Morgan fingerprint density at radius 3 is 2.43 bits per heavy atom. The number of hydrogen-bond acceptors (Lipinski definition) is 6. The van der Waals surface area contributed by atoms with Crippen LogP contribution in [-0.2, 0) is 0 Å². The monoisotopic (exact) mass is 415 g/mol.